The summed E-state index contributed by atoms with van der Waals surface area (Å²) in [4.78, 5) is 1.10. The smallest absolute Gasteiger partial charge is 0.142 e. The minimum atomic E-state index is -0.464. The highest BCUT2D eigenvalue weighted by Crippen LogP contribution is 2.33. The van der Waals surface area contributed by atoms with E-state index < -0.39 is 5.82 Å². The number of benzene rings is 2. The van der Waals surface area contributed by atoms with Crippen LogP contribution in [-0.2, 0) is 6.54 Å². The molecule has 106 valence electrons. The molecule has 0 aliphatic rings. The van der Waals surface area contributed by atoms with Crippen LogP contribution in [0.3, 0.4) is 0 Å². The van der Waals surface area contributed by atoms with E-state index in [4.69, 9.17) is 22.1 Å². The molecule has 0 aliphatic heterocycles. The maximum atomic E-state index is 13.1. The molecular formula is C15H15ClFNOS. The molecule has 0 saturated heterocycles. The number of rotatable bonds is 5. The quantitative estimate of drug-likeness (QED) is 0.802. The third-order valence-electron chi connectivity index (χ3n) is 2.71. The zero-order valence-corrected chi connectivity index (χ0v) is 12.6. The Kier molecular flexibility index (Phi) is 5.29. The van der Waals surface area contributed by atoms with Gasteiger partial charge in [-0.2, -0.15) is 0 Å². The van der Waals surface area contributed by atoms with E-state index in [1.54, 1.807) is 17.8 Å². The van der Waals surface area contributed by atoms with Gasteiger partial charge in [0.1, 0.15) is 17.3 Å². The normalized spacial score (nSPS) is 10.6. The molecule has 0 spiro atoms. The van der Waals surface area contributed by atoms with Crippen molar-refractivity contribution >= 4 is 23.4 Å². The lowest BCUT2D eigenvalue weighted by Gasteiger charge is -2.13. The van der Waals surface area contributed by atoms with Gasteiger partial charge in [0.15, 0.2) is 0 Å². The Balaban J connectivity index is 2.32. The first kappa shape index (κ1) is 15.2. The lowest BCUT2D eigenvalue weighted by Crippen LogP contribution is -2.01. The molecule has 0 atom stereocenters. The van der Waals surface area contributed by atoms with Crippen molar-refractivity contribution in [2.75, 3.05) is 5.75 Å². The van der Waals surface area contributed by atoms with E-state index in [1.165, 1.54) is 12.1 Å². The Labute approximate surface area is 127 Å². The summed E-state index contributed by atoms with van der Waals surface area (Å²) in [6.07, 6.45) is 0. The first-order chi connectivity index (χ1) is 9.65. The summed E-state index contributed by atoms with van der Waals surface area (Å²) < 4.78 is 18.9. The van der Waals surface area contributed by atoms with E-state index in [0.717, 1.165) is 16.2 Å². The Bertz CT molecular complexity index is 606. The average Bonchev–Trinajstić information content (AvgIpc) is 2.44. The third kappa shape index (κ3) is 3.45. The van der Waals surface area contributed by atoms with E-state index in [2.05, 4.69) is 6.92 Å². The summed E-state index contributed by atoms with van der Waals surface area (Å²) in [6.45, 7) is 2.46. The molecule has 20 heavy (non-hydrogen) atoms. The molecule has 5 heteroatoms. The second kappa shape index (κ2) is 6.97. The lowest BCUT2D eigenvalue weighted by molar-refractivity contribution is 0.472. The molecule has 0 bridgehead atoms. The van der Waals surface area contributed by atoms with Crippen LogP contribution < -0.4 is 10.5 Å². The summed E-state index contributed by atoms with van der Waals surface area (Å²) in [5.74, 6) is 1.66. The Morgan fingerprint density at radius 2 is 2.10 bits per heavy atom. The Morgan fingerprint density at radius 3 is 2.75 bits per heavy atom. The van der Waals surface area contributed by atoms with Crippen LogP contribution in [0.5, 0.6) is 11.5 Å². The molecule has 0 radical (unpaired) electrons. The molecule has 0 fully saturated rings. The van der Waals surface area contributed by atoms with Crippen LogP contribution in [-0.4, -0.2) is 5.75 Å². The molecular weight excluding hydrogens is 297 g/mol. The number of hydrogen-bond acceptors (Lipinski definition) is 3. The number of nitrogens with two attached hydrogens (primary N) is 1. The predicted octanol–water partition coefficient (Wildman–Crippen LogP) is 4.84. The minimum absolute atomic E-state index is 0.0379. The summed E-state index contributed by atoms with van der Waals surface area (Å²) in [5.41, 5.74) is 6.75. The van der Waals surface area contributed by atoms with E-state index in [9.17, 15) is 4.39 Å². The monoisotopic (exact) mass is 311 g/mol. The van der Waals surface area contributed by atoms with E-state index in [-0.39, 0.29) is 5.02 Å². The van der Waals surface area contributed by atoms with Crippen molar-refractivity contribution in [1.29, 1.82) is 0 Å². The fraction of sp³-hybridized carbons (Fsp3) is 0.200. The van der Waals surface area contributed by atoms with Crippen LogP contribution in [0.2, 0.25) is 5.02 Å². The molecule has 2 aromatic rings. The van der Waals surface area contributed by atoms with Gasteiger partial charge in [-0.05, 0) is 30.0 Å². The van der Waals surface area contributed by atoms with Crippen molar-refractivity contribution in [2.45, 2.75) is 18.4 Å². The van der Waals surface area contributed by atoms with Crippen LogP contribution in [0.25, 0.3) is 0 Å². The first-order valence-electron chi connectivity index (χ1n) is 6.23. The van der Waals surface area contributed by atoms with Crippen molar-refractivity contribution in [1.82, 2.24) is 0 Å². The highest BCUT2D eigenvalue weighted by Gasteiger charge is 2.10. The molecule has 0 aromatic heterocycles. The number of hydrogen-bond donors (Lipinski definition) is 1. The second-order valence-electron chi connectivity index (χ2n) is 4.05. The summed E-state index contributed by atoms with van der Waals surface area (Å²) in [6, 6.07) is 10.1. The van der Waals surface area contributed by atoms with Crippen LogP contribution in [0, 0.1) is 5.82 Å². The van der Waals surface area contributed by atoms with Crippen molar-refractivity contribution < 1.29 is 9.13 Å². The summed E-state index contributed by atoms with van der Waals surface area (Å²) in [5, 5.41) is 0.0379. The summed E-state index contributed by atoms with van der Waals surface area (Å²) >= 11 is 7.46. The van der Waals surface area contributed by atoms with E-state index >= 15 is 0 Å². The van der Waals surface area contributed by atoms with Crippen molar-refractivity contribution in [3.63, 3.8) is 0 Å². The van der Waals surface area contributed by atoms with Crippen LogP contribution >= 0.6 is 23.4 Å². The zero-order valence-electron chi connectivity index (χ0n) is 11.0. The van der Waals surface area contributed by atoms with Gasteiger partial charge >= 0.3 is 0 Å². The van der Waals surface area contributed by atoms with Gasteiger partial charge in [-0.15, -0.1) is 11.8 Å². The number of halogens is 2. The van der Waals surface area contributed by atoms with Crippen LogP contribution in [0.1, 0.15) is 12.5 Å². The minimum Gasteiger partial charge on any atom is -0.457 e. The molecule has 2 rings (SSSR count). The standard InChI is InChI=1S/C15H15ClFNOS/c1-2-20-15-5-3-4-14(11(15)9-18)19-10-6-7-13(17)12(16)8-10/h3-8H,2,9,18H2,1H3. The number of thioether (sulfide) groups is 1. The molecule has 2 N–H and O–H groups in total. The SMILES string of the molecule is CCSc1cccc(Oc2ccc(F)c(Cl)c2)c1CN. The van der Waals surface area contributed by atoms with Gasteiger partial charge in [0, 0.05) is 23.1 Å². The van der Waals surface area contributed by atoms with Crippen molar-refractivity contribution in [3.8, 4) is 11.5 Å². The lowest BCUT2D eigenvalue weighted by atomic mass is 10.2. The van der Waals surface area contributed by atoms with Gasteiger partial charge in [-0.25, -0.2) is 4.39 Å². The Morgan fingerprint density at radius 1 is 1.30 bits per heavy atom. The van der Waals surface area contributed by atoms with Gasteiger partial charge in [0.25, 0.3) is 0 Å². The highest BCUT2D eigenvalue weighted by atomic mass is 35.5. The van der Waals surface area contributed by atoms with Gasteiger partial charge < -0.3 is 10.5 Å². The topological polar surface area (TPSA) is 35.2 Å². The molecule has 0 saturated carbocycles. The van der Waals surface area contributed by atoms with Crippen LogP contribution in [0.4, 0.5) is 4.39 Å². The molecule has 2 nitrogen and oxygen atoms in total. The van der Waals surface area contributed by atoms with Gasteiger partial charge in [-0.1, -0.05) is 24.6 Å². The third-order valence-corrected chi connectivity index (χ3v) is 3.98. The molecule has 0 heterocycles. The molecule has 2 aromatic carbocycles. The largest absolute Gasteiger partial charge is 0.457 e. The first-order valence-corrected chi connectivity index (χ1v) is 7.59. The van der Waals surface area contributed by atoms with Crippen molar-refractivity contribution in [3.05, 3.63) is 52.8 Å². The van der Waals surface area contributed by atoms with E-state index in [1.807, 2.05) is 18.2 Å². The van der Waals surface area contributed by atoms with Gasteiger partial charge in [0.2, 0.25) is 0 Å². The highest BCUT2D eigenvalue weighted by molar-refractivity contribution is 7.99. The fourth-order valence-corrected chi connectivity index (χ4v) is 2.81. The van der Waals surface area contributed by atoms with Gasteiger partial charge in [-0.3, -0.25) is 0 Å². The zero-order chi connectivity index (χ0) is 14.5. The Hall–Kier alpha value is -1.23. The maximum Gasteiger partial charge on any atom is 0.142 e. The molecule has 0 aliphatic carbocycles. The second-order valence-corrected chi connectivity index (χ2v) is 5.76. The fourth-order valence-electron chi connectivity index (χ4n) is 1.80. The molecule has 0 unspecified atom stereocenters. The summed E-state index contributed by atoms with van der Waals surface area (Å²) in [7, 11) is 0. The van der Waals surface area contributed by atoms with Crippen LogP contribution in [0.15, 0.2) is 41.3 Å². The van der Waals surface area contributed by atoms with Gasteiger partial charge in [0.05, 0.1) is 5.02 Å². The maximum absolute atomic E-state index is 13.1. The molecule has 0 amide bonds. The predicted molar refractivity (Wildman–Crippen MR) is 82.2 cm³/mol. The van der Waals surface area contributed by atoms with Crippen molar-refractivity contribution in [2.24, 2.45) is 5.73 Å². The average molecular weight is 312 g/mol. The number of ether oxygens (including phenoxy) is 1. The van der Waals surface area contributed by atoms with E-state index in [0.29, 0.717) is 18.0 Å².